The molecule has 0 radical (unpaired) electrons. The zero-order valence-corrected chi connectivity index (χ0v) is 12.5. The molecule has 1 saturated carbocycles. The summed E-state index contributed by atoms with van der Waals surface area (Å²) in [7, 11) is 0. The van der Waals surface area contributed by atoms with Crippen molar-refractivity contribution in [3.05, 3.63) is 29.6 Å². The molecule has 1 aliphatic rings. The van der Waals surface area contributed by atoms with Crippen LogP contribution in [-0.2, 0) is 0 Å². The number of carbonyl (C=O) groups is 1. The molecule has 0 unspecified atom stereocenters. The number of aliphatic hydroxyl groups excluding tert-OH is 1. The van der Waals surface area contributed by atoms with Crippen molar-refractivity contribution in [1.82, 2.24) is 10.3 Å². The van der Waals surface area contributed by atoms with Gasteiger partial charge in [-0.2, -0.15) is 0 Å². The van der Waals surface area contributed by atoms with E-state index < -0.39 is 0 Å². The molecule has 2 rings (SSSR count). The Balaban J connectivity index is 2.01. The van der Waals surface area contributed by atoms with Crippen molar-refractivity contribution < 1.29 is 9.90 Å². The predicted octanol–water partition coefficient (Wildman–Crippen LogP) is 2.13. The molecule has 1 fully saturated rings. The van der Waals surface area contributed by atoms with Crippen LogP contribution in [0.15, 0.2) is 18.5 Å². The van der Waals surface area contributed by atoms with Gasteiger partial charge in [0.25, 0.3) is 5.91 Å². The van der Waals surface area contributed by atoms with Crippen molar-refractivity contribution in [2.45, 2.75) is 39.0 Å². The molecule has 1 aromatic heterocycles. The summed E-state index contributed by atoms with van der Waals surface area (Å²) < 4.78 is 0. The van der Waals surface area contributed by atoms with E-state index in [1.807, 2.05) is 0 Å². The van der Waals surface area contributed by atoms with Crippen molar-refractivity contribution in [3.8, 4) is 11.8 Å². The molecule has 1 aliphatic carbocycles. The molecule has 0 spiro atoms. The summed E-state index contributed by atoms with van der Waals surface area (Å²) in [4.78, 5) is 16.3. The Labute approximate surface area is 126 Å². The fourth-order valence-electron chi connectivity index (χ4n) is 2.49. The van der Waals surface area contributed by atoms with Gasteiger partial charge in [-0.05, 0) is 30.7 Å². The van der Waals surface area contributed by atoms with Crippen LogP contribution in [0, 0.1) is 17.3 Å². The van der Waals surface area contributed by atoms with Gasteiger partial charge in [-0.1, -0.05) is 25.2 Å². The summed E-state index contributed by atoms with van der Waals surface area (Å²) in [5.41, 5.74) is 1.51. The highest BCUT2D eigenvalue weighted by Gasteiger charge is 2.41. The highest BCUT2D eigenvalue weighted by Crippen LogP contribution is 2.48. The molecule has 1 heterocycles. The molecule has 4 nitrogen and oxygen atoms in total. The van der Waals surface area contributed by atoms with Crippen LogP contribution < -0.4 is 5.32 Å². The van der Waals surface area contributed by atoms with E-state index in [1.54, 1.807) is 18.5 Å². The minimum Gasteiger partial charge on any atom is -0.395 e. The SMILES string of the molecule is CCCC1(CNC(=O)c2ccncc2C#CCCO)CC1. The maximum absolute atomic E-state index is 12.3. The Morgan fingerprint density at radius 3 is 3.00 bits per heavy atom. The quantitative estimate of drug-likeness (QED) is 0.787. The summed E-state index contributed by atoms with van der Waals surface area (Å²) >= 11 is 0. The predicted molar refractivity (Wildman–Crippen MR) is 81.7 cm³/mol. The number of aliphatic hydroxyl groups is 1. The van der Waals surface area contributed by atoms with Crippen LogP contribution >= 0.6 is 0 Å². The van der Waals surface area contributed by atoms with E-state index in [4.69, 9.17) is 5.11 Å². The molecule has 0 aliphatic heterocycles. The number of rotatable bonds is 6. The minimum atomic E-state index is -0.0897. The van der Waals surface area contributed by atoms with E-state index in [-0.39, 0.29) is 12.5 Å². The fraction of sp³-hybridized carbons (Fsp3) is 0.529. The van der Waals surface area contributed by atoms with E-state index >= 15 is 0 Å². The van der Waals surface area contributed by atoms with Crippen LogP contribution in [0.2, 0.25) is 0 Å². The smallest absolute Gasteiger partial charge is 0.252 e. The van der Waals surface area contributed by atoms with Crippen LogP contribution in [0.25, 0.3) is 0 Å². The highest BCUT2D eigenvalue weighted by molar-refractivity contribution is 5.96. The molecule has 0 bridgehead atoms. The minimum absolute atomic E-state index is 0.0222. The van der Waals surface area contributed by atoms with E-state index in [2.05, 4.69) is 29.1 Å². The fourth-order valence-corrected chi connectivity index (χ4v) is 2.49. The van der Waals surface area contributed by atoms with E-state index in [9.17, 15) is 4.79 Å². The van der Waals surface area contributed by atoms with E-state index in [0.29, 0.717) is 23.0 Å². The zero-order valence-electron chi connectivity index (χ0n) is 12.5. The largest absolute Gasteiger partial charge is 0.395 e. The van der Waals surface area contributed by atoms with Gasteiger partial charge in [0.1, 0.15) is 0 Å². The lowest BCUT2D eigenvalue weighted by Gasteiger charge is -2.15. The molecule has 4 heteroatoms. The second-order valence-electron chi connectivity index (χ2n) is 5.63. The second kappa shape index (κ2) is 7.24. The van der Waals surface area contributed by atoms with Gasteiger partial charge in [-0.3, -0.25) is 9.78 Å². The lowest BCUT2D eigenvalue weighted by atomic mass is 10.0. The summed E-state index contributed by atoms with van der Waals surface area (Å²) in [6.07, 6.45) is 8.34. The summed E-state index contributed by atoms with van der Waals surface area (Å²) in [6, 6.07) is 1.69. The number of nitrogens with one attached hydrogen (secondary N) is 1. The third kappa shape index (κ3) is 4.30. The van der Waals surface area contributed by atoms with Crippen molar-refractivity contribution in [3.63, 3.8) is 0 Å². The Kier molecular flexibility index (Phi) is 5.35. The van der Waals surface area contributed by atoms with E-state index in [1.165, 1.54) is 19.3 Å². The molecule has 1 aromatic rings. The summed E-state index contributed by atoms with van der Waals surface area (Å²) in [5.74, 6) is 5.64. The van der Waals surface area contributed by atoms with Crippen molar-refractivity contribution in [1.29, 1.82) is 0 Å². The van der Waals surface area contributed by atoms with Crippen LogP contribution in [0.3, 0.4) is 0 Å². The number of hydrogen-bond acceptors (Lipinski definition) is 3. The Hall–Kier alpha value is -1.86. The maximum atomic E-state index is 12.3. The third-order valence-corrected chi connectivity index (χ3v) is 3.89. The van der Waals surface area contributed by atoms with Gasteiger partial charge in [0, 0.05) is 25.4 Å². The van der Waals surface area contributed by atoms with Gasteiger partial charge >= 0.3 is 0 Å². The van der Waals surface area contributed by atoms with Gasteiger partial charge in [-0.25, -0.2) is 0 Å². The number of amides is 1. The van der Waals surface area contributed by atoms with Crippen LogP contribution in [0.4, 0.5) is 0 Å². The lowest BCUT2D eigenvalue weighted by Crippen LogP contribution is -2.30. The molecule has 21 heavy (non-hydrogen) atoms. The first-order valence-electron chi connectivity index (χ1n) is 7.53. The summed E-state index contributed by atoms with van der Waals surface area (Å²) in [6.45, 7) is 2.94. The number of nitrogens with zero attached hydrogens (tertiary/aromatic N) is 1. The average molecular weight is 286 g/mol. The molecule has 1 amide bonds. The number of pyridine rings is 1. The standard InChI is InChI=1S/C17H22N2O2/c1-2-7-17(8-9-17)13-19-16(21)15-6-10-18-12-14(15)5-3-4-11-20/h6,10,12,20H,2,4,7-9,11,13H2,1H3,(H,19,21). The first kappa shape index (κ1) is 15.5. The summed E-state index contributed by atoms with van der Waals surface area (Å²) in [5, 5.41) is 11.8. The number of carbonyl (C=O) groups excluding carboxylic acids is 1. The zero-order chi connectivity index (χ0) is 15.1. The Morgan fingerprint density at radius 2 is 2.33 bits per heavy atom. The van der Waals surface area contributed by atoms with Crippen LogP contribution in [-0.4, -0.2) is 29.1 Å². The van der Waals surface area contributed by atoms with Crippen LogP contribution in [0.1, 0.15) is 54.9 Å². The van der Waals surface area contributed by atoms with Crippen LogP contribution in [0.5, 0.6) is 0 Å². The van der Waals surface area contributed by atoms with Crippen molar-refractivity contribution >= 4 is 5.91 Å². The molecule has 0 atom stereocenters. The Morgan fingerprint density at radius 1 is 1.52 bits per heavy atom. The molecule has 0 saturated heterocycles. The topological polar surface area (TPSA) is 62.2 Å². The Bertz CT molecular complexity index is 553. The lowest BCUT2D eigenvalue weighted by molar-refractivity contribution is 0.0943. The molecule has 112 valence electrons. The molecule has 2 N–H and O–H groups in total. The van der Waals surface area contributed by atoms with Crippen molar-refractivity contribution in [2.24, 2.45) is 5.41 Å². The van der Waals surface area contributed by atoms with Gasteiger partial charge in [0.15, 0.2) is 0 Å². The third-order valence-electron chi connectivity index (χ3n) is 3.89. The molecule has 0 aromatic carbocycles. The first-order valence-corrected chi connectivity index (χ1v) is 7.53. The average Bonchev–Trinajstić information content (AvgIpc) is 3.26. The van der Waals surface area contributed by atoms with Crippen molar-refractivity contribution in [2.75, 3.05) is 13.2 Å². The molecular weight excluding hydrogens is 264 g/mol. The number of aromatic nitrogens is 1. The van der Waals surface area contributed by atoms with E-state index in [0.717, 1.165) is 13.0 Å². The number of hydrogen-bond donors (Lipinski definition) is 2. The highest BCUT2D eigenvalue weighted by atomic mass is 16.2. The molecular formula is C17H22N2O2. The van der Waals surface area contributed by atoms with Gasteiger partial charge in [-0.15, -0.1) is 0 Å². The normalized spacial score (nSPS) is 15.0. The van der Waals surface area contributed by atoms with Gasteiger partial charge in [0.2, 0.25) is 0 Å². The first-order chi connectivity index (χ1) is 10.2. The second-order valence-corrected chi connectivity index (χ2v) is 5.63. The van der Waals surface area contributed by atoms with Gasteiger partial charge in [0.05, 0.1) is 17.7 Å². The monoisotopic (exact) mass is 286 g/mol. The van der Waals surface area contributed by atoms with Gasteiger partial charge < -0.3 is 10.4 Å². The maximum Gasteiger partial charge on any atom is 0.252 e.